The molecule has 0 spiro atoms. The van der Waals surface area contributed by atoms with E-state index in [-0.39, 0.29) is 5.41 Å². The van der Waals surface area contributed by atoms with Crippen LogP contribution in [0.25, 0.3) is 0 Å². The molecule has 0 aliphatic heterocycles. The summed E-state index contributed by atoms with van der Waals surface area (Å²) in [7, 11) is 1.68. The highest BCUT2D eigenvalue weighted by atomic mass is 16.5. The number of carbonyl (C=O) groups is 1. The van der Waals surface area contributed by atoms with Crippen LogP contribution in [-0.2, 0) is 21.6 Å². The Balaban J connectivity index is 1.72. The van der Waals surface area contributed by atoms with Crippen molar-refractivity contribution in [3.8, 4) is 5.75 Å². The minimum Gasteiger partial charge on any atom is -0.496 e. The van der Waals surface area contributed by atoms with Gasteiger partial charge in [0.05, 0.1) is 20.3 Å². The van der Waals surface area contributed by atoms with Crippen LogP contribution in [0.5, 0.6) is 5.75 Å². The maximum atomic E-state index is 11.7. The van der Waals surface area contributed by atoms with Crippen molar-refractivity contribution in [1.29, 1.82) is 0 Å². The van der Waals surface area contributed by atoms with E-state index in [1.54, 1.807) is 7.11 Å². The summed E-state index contributed by atoms with van der Waals surface area (Å²) in [6, 6.07) is 18.4. The third kappa shape index (κ3) is 3.68. The summed E-state index contributed by atoms with van der Waals surface area (Å²) in [5.41, 5.74) is 2.27. The van der Waals surface area contributed by atoms with E-state index in [4.69, 9.17) is 9.47 Å². The minimum atomic E-state index is -0.0583. The number of benzene rings is 2. The Hall–Kier alpha value is -2.13. The Morgan fingerprint density at radius 2 is 1.62 bits per heavy atom. The lowest BCUT2D eigenvalue weighted by molar-refractivity contribution is -0.122. The van der Waals surface area contributed by atoms with Crippen LogP contribution in [0, 0.1) is 0 Å². The molecule has 3 heteroatoms. The summed E-state index contributed by atoms with van der Waals surface area (Å²) in [6.07, 6.45) is 3.02. The second-order valence-corrected chi connectivity index (χ2v) is 6.49. The van der Waals surface area contributed by atoms with Crippen LogP contribution < -0.4 is 4.74 Å². The first-order valence-electron chi connectivity index (χ1n) is 8.50. The third-order valence-corrected chi connectivity index (χ3v) is 4.98. The molecule has 0 atom stereocenters. The van der Waals surface area contributed by atoms with Gasteiger partial charge in [0.2, 0.25) is 0 Å². The van der Waals surface area contributed by atoms with Gasteiger partial charge in [0, 0.05) is 23.8 Å². The molecule has 1 aliphatic carbocycles. The summed E-state index contributed by atoms with van der Waals surface area (Å²) >= 11 is 0. The van der Waals surface area contributed by atoms with Crippen LogP contribution in [0.2, 0.25) is 0 Å². The number of hydrogen-bond donors (Lipinski definition) is 0. The van der Waals surface area contributed by atoms with Crippen molar-refractivity contribution in [2.75, 3.05) is 13.7 Å². The van der Waals surface area contributed by atoms with Crippen LogP contribution >= 0.6 is 0 Å². The van der Waals surface area contributed by atoms with Crippen molar-refractivity contribution < 1.29 is 14.3 Å². The second kappa shape index (κ2) is 7.63. The number of rotatable bonds is 6. The van der Waals surface area contributed by atoms with Gasteiger partial charge in [-0.1, -0.05) is 48.5 Å². The molecule has 0 radical (unpaired) electrons. The van der Waals surface area contributed by atoms with E-state index in [1.165, 1.54) is 5.56 Å². The molecule has 2 aromatic rings. The summed E-state index contributed by atoms with van der Waals surface area (Å²) in [6.45, 7) is 1.15. The van der Waals surface area contributed by atoms with Crippen molar-refractivity contribution in [3.63, 3.8) is 0 Å². The first-order chi connectivity index (χ1) is 11.7. The molecule has 0 aromatic heterocycles. The lowest BCUT2D eigenvalue weighted by atomic mass is 9.69. The molecule has 0 N–H and O–H groups in total. The highest BCUT2D eigenvalue weighted by Crippen LogP contribution is 2.39. The molecule has 0 amide bonds. The van der Waals surface area contributed by atoms with Gasteiger partial charge in [0.1, 0.15) is 11.5 Å². The zero-order valence-electron chi connectivity index (χ0n) is 14.2. The summed E-state index contributed by atoms with van der Waals surface area (Å²) in [4.78, 5) is 11.7. The van der Waals surface area contributed by atoms with E-state index in [0.29, 0.717) is 31.8 Å². The van der Waals surface area contributed by atoms with E-state index in [2.05, 4.69) is 24.3 Å². The number of ether oxygens (including phenoxy) is 2. The van der Waals surface area contributed by atoms with E-state index in [0.717, 1.165) is 24.2 Å². The number of ketones is 1. The lowest BCUT2D eigenvalue weighted by Gasteiger charge is -2.37. The number of carbonyl (C=O) groups excluding carboxylic acids is 1. The first kappa shape index (κ1) is 16.7. The van der Waals surface area contributed by atoms with Gasteiger partial charge in [-0.25, -0.2) is 0 Å². The maximum absolute atomic E-state index is 11.7. The molecule has 126 valence electrons. The third-order valence-electron chi connectivity index (χ3n) is 4.98. The number of Topliss-reactive ketones (excluding diaryl/α,β-unsaturated/α-hetero) is 1. The number of hydrogen-bond acceptors (Lipinski definition) is 3. The normalized spacial score (nSPS) is 16.8. The van der Waals surface area contributed by atoms with Crippen LogP contribution in [-0.4, -0.2) is 19.5 Å². The molecule has 1 saturated carbocycles. The minimum absolute atomic E-state index is 0.0583. The SMILES string of the molecule is COc1ccccc1COCC1(c2ccccc2)CCC(=O)CC1. The van der Waals surface area contributed by atoms with Crippen molar-refractivity contribution in [3.05, 3.63) is 65.7 Å². The van der Waals surface area contributed by atoms with Gasteiger partial charge in [-0.2, -0.15) is 0 Å². The Morgan fingerprint density at radius 3 is 2.33 bits per heavy atom. The maximum Gasteiger partial charge on any atom is 0.132 e. The fourth-order valence-corrected chi connectivity index (χ4v) is 3.49. The summed E-state index contributed by atoms with van der Waals surface area (Å²) in [5, 5.41) is 0. The van der Waals surface area contributed by atoms with Gasteiger partial charge in [-0.3, -0.25) is 4.79 Å². The highest BCUT2D eigenvalue weighted by Gasteiger charge is 2.36. The Kier molecular flexibility index (Phi) is 5.31. The molecular weight excluding hydrogens is 300 g/mol. The second-order valence-electron chi connectivity index (χ2n) is 6.49. The fourth-order valence-electron chi connectivity index (χ4n) is 3.49. The van der Waals surface area contributed by atoms with E-state index >= 15 is 0 Å². The lowest BCUT2D eigenvalue weighted by Crippen LogP contribution is -2.36. The molecule has 1 aliphatic rings. The van der Waals surface area contributed by atoms with E-state index in [1.807, 2.05) is 30.3 Å². The van der Waals surface area contributed by atoms with Gasteiger partial charge < -0.3 is 9.47 Å². The molecule has 3 nitrogen and oxygen atoms in total. The highest BCUT2D eigenvalue weighted by molar-refractivity contribution is 5.79. The Labute approximate surface area is 143 Å². The van der Waals surface area contributed by atoms with Crippen molar-refractivity contribution in [2.24, 2.45) is 0 Å². The standard InChI is InChI=1S/C21H24O3/c1-23-20-10-6-5-7-17(20)15-24-16-21(13-11-19(22)12-14-21)18-8-3-2-4-9-18/h2-10H,11-16H2,1H3. The predicted octanol–water partition coefficient (Wildman–Crippen LogP) is 4.29. The van der Waals surface area contributed by atoms with Gasteiger partial charge in [-0.15, -0.1) is 0 Å². The van der Waals surface area contributed by atoms with Crippen molar-refractivity contribution in [1.82, 2.24) is 0 Å². The molecule has 0 saturated heterocycles. The van der Waals surface area contributed by atoms with Crippen LogP contribution in [0.1, 0.15) is 36.8 Å². The van der Waals surface area contributed by atoms with Crippen LogP contribution in [0.4, 0.5) is 0 Å². The molecule has 1 fully saturated rings. The van der Waals surface area contributed by atoms with Crippen LogP contribution in [0.3, 0.4) is 0 Å². The molecule has 3 rings (SSSR count). The quantitative estimate of drug-likeness (QED) is 0.795. The van der Waals surface area contributed by atoms with Crippen molar-refractivity contribution >= 4 is 5.78 Å². The van der Waals surface area contributed by atoms with Gasteiger partial charge >= 0.3 is 0 Å². The molecule has 0 unspecified atom stereocenters. The largest absolute Gasteiger partial charge is 0.496 e. The molecule has 0 bridgehead atoms. The molecule has 0 heterocycles. The summed E-state index contributed by atoms with van der Waals surface area (Å²) < 4.78 is 11.5. The number of methoxy groups -OCH3 is 1. The van der Waals surface area contributed by atoms with Gasteiger partial charge in [0.25, 0.3) is 0 Å². The van der Waals surface area contributed by atoms with Crippen LogP contribution in [0.15, 0.2) is 54.6 Å². The monoisotopic (exact) mass is 324 g/mol. The first-order valence-corrected chi connectivity index (χ1v) is 8.50. The molecular formula is C21H24O3. The van der Waals surface area contributed by atoms with Gasteiger partial charge in [-0.05, 0) is 24.5 Å². The van der Waals surface area contributed by atoms with E-state index in [9.17, 15) is 4.79 Å². The summed E-state index contributed by atoms with van der Waals surface area (Å²) in [5.74, 6) is 1.22. The van der Waals surface area contributed by atoms with Crippen molar-refractivity contribution in [2.45, 2.75) is 37.7 Å². The zero-order chi connectivity index (χ0) is 16.8. The topological polar surface area (TPSA) is 35.5 Å². The smallest absolute Gasteiger partial charge is 0.132 e. The zero-order valence-corrected chi connectivity index (χ0v) is 14.2. The van der Waals surface area contributed by atoms with Gasteiger partial charge in [0.15, 0.2) is 0 Å². The predicted molar refractivity (Wildman–Crippen MR) is 94.2 cm³/mol. The Bertz CT molecular complexity index is 668. The fraction of sp³-hybridized carbons (Fsp3) is 0.381. The average molecular weight is 324 g/mol. The average Bonchev–Trinajstić information content (AvgIpc) is 2.65. The molecule has 24 heavy (non-hydrogen) atoms. The van der Waals surface area contributed by atoms with E-state index < -0.39 is 0 Å². The molecule has 2 aromatic carbocycles. The number of para-hydroxylation sites is 1. The Morgan fingerprint density at radius 1 is 0.958 bits per heavy atom.